The van der Waals surface area contributed by atoms with Crippen LogP contribution >= 0.6 is 0 Å². The van der Waals surface area contributed by atoms with E-state index in [0.717, 1.165) is 18.3 Å². The van der Waals surface area contributed by atoms with Crippen LogP contribution in [0.4, 0.5) is 22.0 Å². The van der Waals surface area contributed by atoms with Crippen molar-refractivity contribution in [2.45, 2.75) is 23.8 Å². The van der Waals surface area contributed by atoms with Gasteiger partial charge in [-0.15, -0.1) is 0 Å². The number of pyridine rings is 1. The molecule has 0 bridgehead atoms. The van der Waals surface area contributed by atoms with Crippen molar-refractivity contribution < 1.29 is 43.0 Å². The van der Waals surface area contributed by atoms with E-state index in [9.17, 15) is 43.6 Å². The zero-order chi connectivity index (χ0) is 24.8. The lowest BCUT2D eigenvalue weighted by atomic mass is 10.1. The summed E-state index contributed by atoms with van der Waals surface area (Å²) in [5.74, 6) is -6.11. The molecule has 0 aliphatic rings. The van der Waals surface area contributed by atoms with Gasteiger partial charge in [-0.05, 0) is 12.1 Å². The second-order valence-electron chi connectivity index (χ2n) is 6.39. The standard InChI is InChI=1S/C17H12F5N3O6S2/c1-2-32(27,28)13-6-11(31-33(29,30)16(18)19)8-23-14(13)25-15(26)12-5-10(17(20,21)22)4-3-9(12)7-24-25/h3-8,16H,2H2,1H3. The van der Waals surface area contributed by atoms with Gasteiger partial charge in [0.2, 0.25) is 0 Å². The van der Waals surface area contributed by atoms with Crippen molar-refractivity contribution in [2.75, 3.05) is 5.75 Å². The summed E-state index contributed by atoms with van der Waals surface area (Å²) in [6.45, 7) is 1.19. The van der Waals surface area contributed by atoms with Crippen molar-refractivity contribution in [1.29, 1.82) is 0 Å². The van der Waals surface area contributed by atoms with Gasteiger partial charge in [-0.1, -0.05) is 13.0 Å². The van der Waals surface area contributed by atoms with Crippen LogP contribution < -0.4 is 9.74 Å². The van der Waals surface area contributed by atoms with Crippen LogP contribution in [0.3, 0.4) is 0 Å². The highest BCUT2D eigenvalue weighted by Gasteiger charge is 2.31. The molecule has 0 spiro atoms. The molecule has 0 amide bonds. The number of rotatable bonds is 6. The number of nitrogens with zero attached hydrogens (tertiary/aromatic N) is 3. The summed E-state index contributed by atoms with van der Waals surface area (Å²) in [6.07, 6.45) is -3.22. The molecule has 0 unspecified atom stereocenters. The lowest BCUT2D eigenvalue weighted by Gasteiger charge is -2.13. The second-order valence-corrected chi connectivity index (χ2v) is 10.1. The van der Waals surface area contributed by atoms with Crippen molar-refractivity contribution in [3.63, 3.8) is 0 Å². The average Bonchev–Trinajstić information content (AvgIpc) is 2.73. The third kappa shape index (κ3) is 4.80. The van der Waals surface area contributed by atoms with Crippen LogP contribution in [0.15, 0.2) is 46.3 Å². The molecule has 3 rings (SSSR count). The third-order valence-corrected chi connectivity index (χ3v) is 6.86. The van der Waals surface area contributed by atoms with E-state index in [1.54, 1.807) is 0 Å². The molecule has 0 saturated carbocycles. The number of halogens is 5. The van der Waals surface area contributed by atoms with Gasteiger partial charge in [-0.25, -0.2) is 13.4 Å². The molecule has 0 aliphatic carbocycles. The second kappa shape index (κ2) is 8.33. The molecular weight excluding hydrogens is 501 g/mol. The van der Waals surface area contributed by atoms with Crippen LogP contribution in [0.5, 0.6) is 5.75 Å². The number of alkyl halides is 5. The third-order valence-electron chi connectivity index (χ3n) is 4.27. The van der Waals surface area contributed by atoms with Gasteiger partial charge >= 0.3 is 22.1 Å². The van der Waals surface area contributed by atoms with Crippen molar-refractivity contribution in [3.8, 4) is 11.6 Å². The first kappa shape index (κ1) is 24.5. The molecule has 2 aromatic heterocycles. The zero-order valence-electron chi connectivity index (χ0n) is 16.2. The zero-order valence-corrected chi connectivity index (χ0v) is 17.9. The van der Waals surface area contributed by atoms with Crippen molar-refractivity contribution in [3.05, 3.63) is 52.6 Å². The van der Waals surface area contributed by atoms with Gasteiger partial charge in [-0.2, -0.15) is 40.2 Å². The molecule has 1 aromatic carbocycles. The maximum absolute atomic E-state index is 13.0. The predicted octanol–water partition coefficient (Wildman–Crippen LogP) is 2.52. The van der Waals surface area contributed by atoms with Crippen LogP contribution in [0.1, 0.15) is 12.5 Å². The van der Waals surface area contributed by atoms with E-state index in [4.69, 9.17) is 0 Å². The van der Waals surface area contributed by atoms with E-state index in [0.29, 0.717) is 23.0 Å². The molecule has 0 aliphatic heterocycles. The molecule has 33 heavy (non-hydrogen) atoms. The number of aromatic nitrogens is 3. The van der Waals surface area contributed by atoms with Gasteiger partial charge in [0.05, 0.1) is 29.1 Å². The fourth-order valence-corrected chi connectivity index (χ4v) is 4.10. The Bertz CT molecular complexity index is 1500. The molecule has 0 N–H and O–H groups in total. The van der Waals surface area contributed by atoms with E-state index in [2.05, 4.69) is 14.3 Å². The molecule has 0 radical (unpaired) electrons. The highest BCUT2D eigenvalue weighted by atomic mass is 32.2. The summed E-state index contributed by atoms with van der Waals surface area (Å²) >= 11 is 0. The van der Waals surface area contributed by atoms with Crippen LogP contribution in [-0.4, -0.2) is 43.1 Å². The quantitative estimate of drug-likeness (QED) is 0.364. The van der Waals surface area contributed by atoms with E-state index in [-0.39, 0.29) is 5.39 Å². The number of benzene rings is 1. The maximum atomic E-state index is 13.0. The van der Waals surface area contributed by atoms with Crippen molar-refractivity contribution in [1.82, 2.24) is 14.8 Å². The lowest BCUT2D eigenvalue weighted by molar-refractivity contribution is -0.137. The smallest absolute Gasteiger partial charge is 0.377 e. The minimum absolute atomic E-state index is 0.0205. The van der Waals surface area contributed by atoms with Crippen molar-refractivity contribution >= 4 is 30.7 Å². The molecule has 2 heterocycles. The summed E-state index contributed by atoms with van der Waals surface area (Å²) in [6, 6.07) is 2.83. The fraction of sp³-hybridized carbons (Fsp3) is 0.235. The summed E-state index contributed by atoms with van der Waals surface area (Å²) < 4.78 is 116. The van der Waals surface area contributed by atoms with Crippen LogP contribution in [0.2, 0.25) is 0 Å². The minimum atomic E-state index is -5.41. The Balaban J connectivity index is 2.27. The van der Waals surface area contributed by atoms with Gasteiger partial charge < -0.3 is 4.18 Å². The SMILES string of the molecule is CCS(=O)(=O)c1cc(OS(=O)(=O)C(F)F)cnc1-n1ncc2ccc(C(F)(F)F)cc2c1=O. The topological polar surface area (TPSA) is 125 Å². The first-order valence-corrected chi connectivity index (χ1v) is 11.8. The van der Waals surface area contributed by atoms with E-state index < -0.39 is 70.6 Å². The molecule has 0 fully saturated rings. The molecule has 16 heteroatoms. The molecule has 0 atom stereocenters. The van der Waals surface area contributed by atoms with Crippen LogP contribution in [0.25, 0.3) is 16.6 Å². The first-order chi connectivity index (χ1) is 15.2. The number of fused-ring (bicyclic) bond motifs is 1. The molecular formula is C17H12F5N3O6S2. The highest BCUT2D eigenvalue weighted by molar-refractivity contribution is 7.91. The normalized spacial score (nSPS) is 12.9. The van der Waals surface area contributed by atoms with Gasteiger partial charge in [0.25, 0.3) is 5.56 Å². The summed E-state index contributed by atoms with van der Waals surface area (Å²) in [5, 5.41) is 3.29. The highest BCUT2D eigenvalue weighted by Crippen LogP contribution is 2.31. The monoisotopic (exact) mass is 513 g/mol. The van der Waals surface area contributed by atoms with E-state index in [1.165, 1.54) is 6.92 Å². The fourth-order valence-electron chi connectivity index (χ4n) is 2.65. The Morgan fingerprint density at radius 3 is 2.33 bits per heavy atom. The van der Waals surface area contributed by atoms with E-state index >= 15 is 0 Å². The Hall–Kier alpha value is -3.14. The predicted molar refractivity (Wildman–Crippen MR) is 103 cm³/mol. The first-order valence-electron chi connectivity index (χ1n) is 8.71. The van der Waals surface area contributed by atoms with Crippen LogP contribution in [0, 0.1) is 0 Å². The van der Waals surface area contributed by atoms with E-state index in [1.807, 2.05) is 0 Å². The van der Waals surface area contributed by atoms with Crippen LogP contribution in [-0.2, 0) is 26.1 Å². The summed E-state index contributed by atoms with van der Waals surface area (Å²) in [7, 11) is -9.69. The number of sulfone groups is 1. The number of hydrogen-bond donors (Lipinski definition) is 0. The van der Waals surface area contributed by atoms with Gasteiger partial charge in [0.1, 0.15) is 4.90 Å². The molecule has 178 valence electrons. The summed E-state index contributed by atoms with van der Waals surface area (Å²) in [5.41, 5.74) is -2.30. The Morgan fingerprint density at radius 2 is 1.76 bits per heavy atom. The average molecular weight is 513 g/mol. The molecule has 3 aromatic rings. The molecule has 9 nitrogen and oxygen atoms in total. The van der Waals surface area contributed by atoms with Gasteiger partial charge in [0, 0.05) is 11.5 Å². The number of hydrogen-bond acceptors (Lipinski definition) is 8. The lowest BCUT2D eigenvalue weighted by Crippen LogP contribution is -2.25. The van der Waals surface area contributed by atoms with Crippen molar-refractivity contribution in [2.24, 2.45) is 0 Å². The largest absolute Gasteiger partial charge is 0.416 e. The summed E-state index contributed by atoms with van der Waals surface area (Å²) in [4.78, 5) is 15.6. The van der Waals surface area contributed by atoms with Gasteiger partial charge in [0.15, 0.2) is 21.4 Å². The minimum Gasteiger partial charge on any atom is -0.377 e. The maximum Gasteiger partial charge on any atom is 0.416 e. The Labute approximate surface area is 182 Å². The Kier molecular flexibility index (Phi) is 6.18. The van der Waals surface area contributed by atoms with Gasteiger partial charge in [-0.3, -0.25) is 4.79 Å². The molecule has 0 saturated heterocycles. The Morgan fingerprint density at radius 1 is 1.09 bits per heavy atom.